The summed E-state index contributed by atoms with van der Waals surface area (Å²) < 4.78 is 2.06. The molecular weight excluding hydrogens is 448 g/mol. The molecule has 2 aromatic carbocycles. The van der Waals surface area contributed by atoms with Crippen molar-refractivity contribution in [3.63, 3.8) is 0 Å². The molecule has 8 nitrogen and oxygen atoms in total. The SMILES string of the molecule is CC.CC(C)n1cnc2c(NCc3ccc(-c4ccccc4)cc3)nc(NCCCN)nc21.CCN. The van der Waals surface area contributed by atoms with Gasteiger partial charge in [-0.1, -0.05) is 75.4 Å². The summed E-state index contributed by atoms with van der Waals surface area (Å²) in [6.45, 7) is 12.9. The molecule has 0 aliphatic heterocycles. The van der Waals surface area contributed by atoms with E-state index >= 15 is 0 Å². The average Bonchev–Trinajstić information content (AvgIpc) is 3.35. The molecule has 0 atom stereocenters. The molecule has 4 rings (SSSR count). The molecule has 0 fully saturated rings. The average molecular weight is 491 g/mol. The Morgan fingerprint density at radius 3 is 2.14 bits per heavy atom. The van der Waals surface area contributed by atoms with Crippen LogP contribution in [-0.2, 0) is 6.54 Å². The lowest BCUT2D eigenvalue weighted by atomic mass is 10.0. The first-order valence-corrected chi connectivity index (χ1v) is 12.8. The molecule has 8 heteroatoms. The van der Waals surface area contributed by atoms with E-state index in [0.29, 0.717) is 19.0 Å². The van der Waals surface area contributed by atoms with Gasteiger partial charge >= 0.3 is 0 Å². The highest BCUT2D eigenvalue weighted by molar-refractivity contribution is 5.84. The Bertz CT molecular complexity index is 1140. The number of benzene rings is 2. The number of aromatic nitrogens is 4. The Labute approximate surface area is 215 Å². The number of fused-ring (bicyclic) bond motifs is 1. The third-order valence-electron chi connectivity index (χ3n) is 5.16. The highest BCUT2D eigenvalue weighted by Gasteiger charge is 2.14. The van der Waals surface area contributed by atoms with Crippen LogP contribution in [0.1, 0.15) is 52.6 Å². The molecule has 194 valence electrons. The van der Waals surface area contributed by atoms with Crippen LogP contribution in [0.25, 0.3) is 22.3 Å². The molecule has 0 saturated carbocycles. The van der Waals surface area contributed by atoms with Gasteiger partial charge in [-0.3, -0.25) is 0 Å². The molecule has 0 bridgehead atoms. The van der Waals surface area contributed by atoms with Crippen molar-refractivity contribution < 1.29 is 0 Å². The third kappa shape index (κ3) is 8.03. The molecule has 0 saturated heterocycles. The van der Waals surface area contributed by atoms with E-state index in [1.54, 1.807) is 0 Å². The number of nitrogens with one attached hydrogen (secondary N) is 2. The van der Waals surface area contributed by atoms with Gasteiger partial charge in [-0.2, -0.15) is 9.97 Å². The lowest BCUT2D eigenvalue weighted by Gasteiger charge is -2.12. The Morgan fingerprint density at radius 1 is 0.889 bits per heavy atom. The summed E-state index contributed by atoms with van der Waals surface area (Å²) in [5.41, 5.74) is 15.7. The van der Waals surface area contributed by atoms with Gasteiger partial charge in [0.15, 0.2) is 17.0 Å². The van der Waals surface area contributed by atoms with Crippen molar-refractivity contribution in [1.29, 1.82) is 0 Å². The summed E-state index contributed by atoms with van der Waals surface area (Å²) in [4.78, 5) is 13.9. The summed E-state index contributed by atoms with van der Waals surface area (Å²) in [5, 5.41) is 6.73. The standard InChI is InChI=1S/C24H29N7.C2H7N.C2H6/c1-17(2)31-16-28-21-22(29-24(30-23(21)31)26-14-6-13-25)27-15-18-9-11-20(12-10-18)19-7-4-3-5-8-19;1-2-3;1-2/h3-5,7-12,16-17H,6,13-15,25H2,1-2H3,(H2,26,27,29,30);2-3H2,1H3;1-2H3. The van der Waals surface area contributed by atoms with Crippen molar-refractivity contribution >= 4 is 22.9 Å². The van der Waals surface area contributed by atoms with Gasteiger partial charge in [0.2, 0.25) is 5.95 Å². The van der Waals surface area contributed by atoms with E-state index in [0.717, 1.165) is 36.5 Å². The number of imidazole rings is 1. The van der Waals surface area contributed by atoms with Gasteiger partial charge in [0.05, 0.1) is 6.33 Å². The van der Waals surface area contributed by atoms with E-state index in [1.807, 2.05) is 33.2 Å². The van der Waals surface area contributed by atoms with Crippen molar-refractivity contribution in [1.82, 2.24) is 19.5 Å². The van der Waals surface area contributed by atoms with Crippen LogP contribution in [0, 0.1) is 0 Å². The number of rotatable bonds is 9. The molecule has 0 aliphatic carbocycles. The largest absolute Gasteiger partial charge is 0.364 e. The molecule has 0 radical (unpaired) electrons. The maximum atomic E-state index is 5.61. The van der Waals surface area contributed by atoms with Crippen LogP contribution >= 0.6 is 0 Å². The van der Waals surface area contributed by atoms with E-state index in [4.69, 9.17) is 11.5 Å². The Kier molecular flexibility index (Phi) is 12.4. The van der Waals surface area contributed by atoms with Crippen molar-refractivity contribution in [3.05, 3.63) is 66.5 Å². The predicted molar refractivity (Wildman–Crippen MR) is 153 cm³/mol. The second-order valence-corrected chi connectivity index (χ2v) is 8.21. The smallest absolute Gasteiger partial charge is 0.226 e. The fourth-order valence-corrected chi connectivity index (χ4v) is 3.43. The molecule has 0 spiro atoms. The van der Waals surface area contributed by atoms with Crippen molar-refractivity contribution in [3.8, 4) is 11.1 Å². The second-order valence-electron chi connectivity index (χ2n) is 8.21. The van der Waals surface area contributed by atoms with Gasteiger partial charge in [0, 0.05) is 19.1 Å². The van der Waals surface area contributed by atoms with E-state index in [2.05, 4.69) is 92.5 Å². The summed E-state index contributed by atoms with van der Waals surface area (Å²) >= 11 is 0. The minimum atomic E-state index is 0.259. The van der Waals surface area contributed by atoms with Gasteiger partial charge in [0.1, 0.15) is 0 Å². The zero-order valence-electron chi connectivity index (χ0n) is 22.3. The van der Waals surface area contributed by atoms with Gasteiger partial charge in [-0.25, -0.2) is 4.98 Å². The van der Waals surface area contributed by atoms with E-state index < -0.39 is 0 Å². The van der Waals surface area contributed by atoms with Crippen LogP contribution in [0.3, 0.4) is 0 Å². The van der Waals surface area contributed by atoms with Gasteiger partial charge in [0.25, 0.3) is 0 Å². The lowest BCUT2D eigenvalue weighted by molar-refractivity contribution is 0.613. The minimum Gasteiger partial charge on any atom is -0.364 e. The van der Waals surface area contributed by atoms with Crippen LogP contribution in [0.15, 0.2) is 60.9 Å². The molecule has 36 heavy (non-hydrogen) atoms. The van der Waals surface area contributed by atoms with Crippen LogP contribution < -0.4 is 22.1 Å². The number of nitrogens with zero attached hydrogens (tertiary/aromatic N) is 4. The maximum Gasteiger partial charge on any atom is 0.226 e. The first-order chi connectivity index (χ1) is 17.6. The Hall–Kier alpha value is -3.49. The van der Waals surface area contributed by atoms with Crippen LogP contribution in [-0.4, -0.2) is 39.2 Å². The Balaban J connectivity index is 0.000000850. The minimum absolute atomic E-state index is 0.259. The summed E-state index contributed by atoms with van der Waals surface area (Å²) in [7, 11) is 0. The molecule has 0 amide bonds. The van der Waals surface area contributed by atoms with Crippen LogP contribution in [0.4, 0.5) is 11.8 Å². The van der Waals surface area contributed by atoms with E-state index in [9.17, 15) is 0 Å². The highest BCUT2D eigenvalue weighted by Crippen LogP contribution is 2.24. The van der Waals surface area contributed by atoms with E-state index in [1.165, 1.54) is 16.7 Å². The molecule has 4 aromatic rings. The summed E-state index contributed by atoms with van der Waals surface area (Å²) in [6, 6.07) is 19.2. The number of anilines is 2. The van der Waals surface area contributed by atoms with Gasteiger partial charge < -0.3 is 26.7 Å². The fraction of sp³-hybridized carbons (Fsp3) is 0.393. The van der Waals surface area contributed by atoms with Gasteiger partial charge in [-0.15, -0.1) is 0 Å². The quantitative estimate of drug-likeness (QED) is 0.231. The first kappa shape index (κ1) is 28.7. The highest BCUT2D eigenvalue weighted by atomic mass is 15.2. The number of nitrogens with two attached hydrogens (primary N) is 2. The van der Waals surface area contributed by atoms with Gasteiger partial charge in [-0.05, 0) is 50.0 Å². The molecule has 0 unspecified atom stereocenters. The fourth-order valence-electron chi connectivity index (χ4n) is 3.43. The molecule has 0 aliphatic rings. The molecular formula is C28H42N8. The van der Waals surface area contributed by atoms with Crippen LogP contribution in [0.5, 0.6) is 0 Å². The van der Waals surface area contributed by atoms with Crippen molar-refractivity contribution in [2.24, 2.45) is 11.5 Å². The summed E-state index contributed by atoms with van der Waals surface area (Å²) in [5.74, 6) is 1.32. The zero-order valence-corrected chi connectivity index (χ0v) is 22.3. The monoisotopic (exact) mass is 490 g/mol. The maximum absolute atomic E-state index is 5.61. The lowest BCUT2D eigenvalue weighted by Crippen LogP contribution is -2.12. The normalized spacial score (nSPS) is 10.3. The van der Waals surface area contributed by atoms with E-state index in [-0.39, 0.29) is 6.04 Å². The number of hydrogen-bond donors (Lipinski definition) is 4. The molecule has 6 N–H and O–H groups in total. The predicted octanol–water partition coefficient (Wildman–Crippen LogP) is 5.44. The number of hydrogen-bond acceptors (Lipinski definition) is 7. The topological polar surface area (TPSA) is 120 Å². The molecule has 2 aromatic heterocycles. The van der Waals surface area contributed by atoms with Crippen molar-refractivity contribution in [2.45, 2.75) is 53.6 Å². The van der Waals surface area contributed by atoms with Crippen molar-refractivity contribution in [2.75, 3.05) is 30.3 Å². The molecule has 2 heterocycles. The zero-order chi connectivity index (χ0) is 26.3. The Morgan fingerprint density at radius 2 is 1.53 bits per heavy atom. The van der Waals surface area contributed by atoms with Crippen LogP contribution in [0.2, 0.25) is 0 Å². The second kappa shape index (κ2) is 15.5. The summed E-state index contributed by atoms with van der Waals surface area (Å²) in [6.07, 6.45) is 2.69. The third-order valence-corrected chi connectivity index (χ3v) is 5.16. The first-order valence-electron chi connectivity index (χ1n) is 12.8.